The summed E-state index contributed by atoms with van der Waals surface area (Å²) in [4.78, 5) is 29.8. The fraction of sp³-hybridized carbons (Fsp3) is 0.320. The molecule has 2 aliphatic rings. The van der Waals surface area contributed by atoms with E-state index in [4.69, 9.17) is 0 Å². The van der Waals surface area contributed by atoms with Crippen molar-refractivity contribution < 1.29 is 14.7 Å². The first-order valence-corrected chi connectivity index (χ1v) is 11.2. The quantitative estimate of drug-likeness (QED) is 0.623. The first-order chi connectivity index (χ1) is 16.0. The van der Waals surface area contributed by atoms with Crippen LogP contribution in [0.3, 0.4) is 0 Å². The minimum absolute atomic E-state index is 0.0421. The minimum Gasteiger partial charge on any atom is -0.508 e. The molecule has 170 valence electrons. The van der Waals surface area contributed by atoms with E-state index in [-0.39, 0.29) is 17.6 Å². The summed E-state index contributed by atoms with van der Waals surface area (Å²) in [6.07, 6.45) is 4.28. The molecule has 0 spiro atoms. The Kier molecular flexibility index (Phi) is 5.60. The minimum atomic E-state index is -0.572. The Bertz CT molecular complexity index is 1160. The van der Waals surface area contributed by atoms with Crippen molar-refractivity contribution in [1.82, 2.24) is 24.9 Å². The van der Waals surface area contributed by atoms with Crippen LogP contribution >= 0.6 is 0 Å². The number of piperazine rings is 2. The monoisotopic (exact) mass is 445 g/mol. The standard InChI is InChI=1S/C25H27N5O3/c1-17-2-6-20(7-3-17)30-15-19(13-26-30)14-28-10-11-29-23(16-28)24(32)27-22(25(29)33)12-18-4-8-21(31)9-5-18/h2-9,13,15,22-23,31H,10-12,14,16H2,1H3,(H,27,32)/t22-,23+/m0/s1. The summed E-state index contributed by atoms with van der Waals surface area (Å²) in [5.74, 6) is 0.0243. The molecule has 2 saturated heterocycles. The number of aromatic hydroxyl groups is 1. The molecule has 1 aromatic heterocycles. The van der Waals surface area contributed by atoms with E-state index in [9.17, 15) is 14.7 Å². The number of nitrogens with zero attached hydrogens (tertiary/aromatic N) is 4. The lowest BCUT2D eigenvalue weighted by atomic mass is 9.98. The van der Waals surface area contributed by atoms with Gasteiger partial charge in [0, 0.05) is 44.4 Å². The largest absolute Gasteiger partial charge is 0.508 e. The van der Waals surface area contributed by atoms with Crippen LogP contribution in [0.5, 0.6) is 5.75 Å². The number of carbonyl (C=O) groups excluding carboxylic acids is 2. The molecule has 2 aliphatic heterocycles. The van der Waals surface area contributed by atoms with Gasteiger partial charge >= 0.3 is 0 Å². The number of fused-ring (bicyclic) bond motifs is 1. The Balaban J connectivity index is 1.22. The van der Waals surface area contributed by atoms with Gasteiger partial charge in [-0.1, -0.05) is 29.8 Å². The topological polar surface area (TPSA) is 90.7 Å². The van der Waals surface area contributed by atoms with Crippen molar-refractivity contribution in [3.05, 3.63) is 77.6 Å². The van der Waals surface area contributed by atoms with Crippen molar-refractivity contribution in [3.8, 4) is 11.4 Å². The second-order valence-corrected chi connectivity index (χ2v) is 8.84. The molecule has 3 heterocycles. The molecular weight excluding hydrogens is 418 g/mol. The maximum Gasteiger partial charge on any atom is 0.246 e. The van der Waals surface area contributed by atoms with E-state index >= 15 is 0 Å². The van der Waals surface area contributed by atoms with Gasteiger partial charge < -0.3 is 15.3 Å². The molecule has 2 aromatic carbocycles. The highest BCUT2D eigenvalue weighted by atomic mass is 16.3. The van der Waals surface area contributed by atoms with Crippen molar-refractivity contribution in [3.63, 3.8) is 0 Å². The highest BCUT2D eigenvalue weighted by Gasteiger charge is 2.43. The Morgan fingerprint density at radius 1 is 1.03 bits per heavy atom. The van der Waals surface area contributed by atoms with E-state index in [2.05, 4.69) is 34.4 Å². The van der Waals surface area contributed by atoms with Gasteiger partial charge in [0.05, 0.1) is 11.9 Å². The molecule has 0 aliphatic carbocycles. The van der Waals surface area contributed by atoms with Crippen LogP contribution in [-0.2, 0) is 22.6 Å². The Morgan fingerprint density at radius 2 is 1.79 bits per heavy atom. The van der Waals surface area contributed by atoms with Crippen molar-refractivity contribution in [1.29, 1.82) is 0 Å². The molecule has 5 rings (SSSR count). The third-order valence-corrected chi connectivity index (χ3v) is 6.38. The van der Waals surface area contributed by atoms with E-state index in [1.165, 1.54) is 5.56 Å². The average Bonchev–Trinajstić information content (AvgIpc) is 3.27. The lowest BCUT2D eigenvalue weighted by Crippen LogP contribution is -2.69. The van der Waals surface area contributed by atoms with Crippen molar-refractivity contribution in [2.24, 2.45) is 0 Å². The highest BCUT2D eigenvalue weighted by molar-refractivity contribution is 5.97. The smallest absolute Gasteiger partial charge is 0.246 e. The molecule has 0 radical (unpaired) electrons. The van der Waals surface area contributed by atoms with Crippen molar-refractivity contribution in [2.45, 2.75) is 32.0 Å². The molecule has 8 heteroatoms. The normalized spacial score (nSPS) is 21.1. The van der Waals surface area contributed by atoms with Gasteiger partial charge in [0.15, 0.2) is 0 Å². The van der Waals surface area contributed by atoms with Crippen molar-refractivity contribution >= 4 is 11.8 Å². The lowest BCUT2D eigenvalue weighted by molar-refractivity contribution is -0.153. The molecule has 0 saturated carbocycles. The van der Waals surface area contributed by atoms with Crippen LogP contribution in [0.2, 0.25) is 0 Å². The third kappa shape index (κ3) is 4.47. The molecule has 0 unspecified atom stereocenters. The number of nitrogens with one attached hydrogen (secondary N) is 1. The number of hydrogen-bond donors (Lipinski definition) is 2. The molecule has 8 nitrogen and oxygen atoms in total. The van der Waals surface area contributed by atoms with Gasteiger partial charge in [-0.25, -0.2) is 4.68 Å². The molecule has 3 aromatic rings. The molecular formula is C25H27N5O3. The van der Waals surface area contributed by atoms with Crippen LogP contribution in [0.15, 0.2) is 60.9 Å². The predicted molar refractivity (Wildman–Crippen MR) is 123 cm³/mol. The van der Waals surface area contributed by atoms with Crippen LogP contribution in [0.4, 0.5) is 0 Å². The van der Waals surface area contributed by atoms with Gasteiger partial charge in [-0.15, -0.1) is 0 Å². The zero-order chi connectivity index (χ0) is 22.9. The van der Waals surface area contributed by atoms with Gasteiger partial charge in [0.1, 0.15) is 17.8 Å². The summed E-state index contributed by atoms with van der Waals surface area (Å²) >= 11 is 0. The van der Waals surface area contributed by atoms with Crippen LogP contribution < -0.4 is 5.32 Å². The second-order valence-electron chi connectivity index (χ2n) is 8.84. The SMILES string of the molecule is Cc1ccc(-n2cc(CN3CCN4C(=O)[C@H](Cc5ccc(O)cc5)NC(=O)[C@H]4C3)cn2)cc1. The molecule has 2 N–H and O–H groups in total. The predicted octanol–water partition coefficient (Wildman–Crippen LogP) is 1.64. The zero-order valence-corrected chi connectivity index (χ0v) is 18.5. The summed E-state index contributed by atoms with van der Waals surface area (Å²) in [5.41, 5.74) is 4.18. The third-order valence-electron chi connectivity index (χ3n) is 6.38. The Morgan fingerprint density at radius 3 is 2.55 bits per heavy atom. The van der Waals surface area contributed by atoms with Gasteiger partial charge in [-0.3, -0.25) is 14.5 Å². The molecule has 2 amide bonds. The van der Waals surface area contributed by atoms with Crippen LogP contribution in [0.25, 0.3) is 5.69 Å². The summed E-state index contributed by atoms with van der Waals surface area (Å²) in [5, 5.41) is 16.8. The van der Waals surface area contributed by atoms with Gasteiger partial charge in [0.2, 0.25) is 11.8 Å². The number of phenols is 1. The van der Waals surface area contributed by atoms with Gasteiger partial charge in [-0.2, -0.15) is 5.10 Å². The first-order valence-electron chi connectivity index (χ1n) is 11.2. The number of carbonyl (C=O) groups is 2. The van der Waals surface area contributed by atoms with E-state index < -0.39 is 12.1 Å². The maximum atomic E-state index is 13.1. The van der Waals surface area contributed by atoms with E-state index in [1.807, 2.05) is 29.2 Å². The van der Waals surface area contributed by atoms with Gasteiger partial charge in [0.25, 0.3) is 0 Å². The lowest BCUT2D eigenvalue weighted by Gasteiger charge is -2.45. The summed E-state index contributed by atoms with van der Waals surface area (Å²) in [6.45, 7) is 4.46. The number of phenolic OH excluding ortho intramolecular Hbond substituents is 1. The fourth-order valence-electron chi connectivity index (χ4n) is 4.55. The highest BCUT2D eigenvalue weighted by Crippen LogP contribution is 2.21. The Hall–Kier alpha value is -3.65. The number of aromatic nitrogens is 2. The summed E-state index contributed by atoms with van der Waals surface area (Å²) in [6, 6.07) is 13.9. The molecule has 2 fully saturated rings. The van der Waals surface area contributed by atoms with Crippen LogP contribution in [0, 0.1) is 6.92 Å². The molecule has 33 heavy (non-hydrogen) atoms. The number of rotatable bonds is 5. The number of amides is 2. The summed E-state index contributed by atoms with van der Waals surface area (Å²) < 4.78 is 1.86. The summed E-state index contributed by atoms with van der Waals surface area (Å²) in [7, 11) is 0. The molecule has 2 atom stereocenters. The zero-order valence-electron chi connectivity index (χ0n) is 18.5. The number of hydrogen-bond acceptors (Lipinski definition) is 5. The van der Waals surface area contributed by atoms with Gasteiger partial charge in [-0.05, 0) is 36.8 Å². The van der Waals surface area contributed by atoms with Crippen molar-refractivity contribution in [2.75, 3.05) is 19.6 Å². The fourth-order valence-corrected chi connectivity index (χ4v) is 4.55. The van der Waals surface area contributed by atoms with E-state index in [0.29, 0.717) is 32.6 Å². The van der Waals surface area contributed by atoms with Crippen LogP contribution in [-0.4, -0.2) is 68.2 Å². The van der Waals surface area contributed by atoms with E-state index in [1.54, 1.807) is 29.2 Å². The number of benzene rings is 2. The van der Waals surface area contributed by atoms with E-state index in [0.717, 1.165) is 16.8 Å². The Labute approximate surface area is 192 Å². The van der Waals surface area contributed by atoms with Crippen LogP contribution in [0.1, 0.15) is 16.7 Å². The molecule has 0 bridgehead atoms. The average molecular weight is 446 g/mol. The number of aryl methyl sites for hydroxylation is 1. The second kappa shape index (κ2) is 8.71. The maximum absolute atomic E-state index is 13.1. The first kappa shape index (κ1) is 21.2.